The van der Waals surface area contributed by atoms with Crippen LogP contribution in [0, 0.1) is 0 Å². The van der Waals surface area contributed by atoms with Crippen molar-refractivity contribution < 1.29 is 14.2 Å². The normalized spacial score (nSPS) is 10.6. The minimum Gasteiger partial charge on any atom is -0.495 e. The van der Waals surface area contributed by atoms with Crippen molar-refractivity contribution in [3.05, 3.63) is 47.0 Å². The van der Waals surface area contributed by atoms with Gasteiger partial charge in [-0.15, -0.1) is 0 Å². The Kier molecular flexibility index (Phi) is 6.11. The van der Waals surface area contributed by atoms with Crippen molar-refractivity contribution in [3.63, 3.8) is 0 Å². The number of methoxy groups -OCH3 is 2. The SMILES string of the molecule is CCOc1cc(/C=N/Nc2ccc(OC)c(Cl)c2)ccc1OC. The van der Waals surface area contributed by atoms with Gasteiger partial charge in [0, 0.05) is 0 Å². The predicted octanol–water partition coefficient (Wildman–Crippen LogP) is 4.20. The number of anilines is 1. The highest BCUT2D eigenvalue weighted by Crippen LogP contribution is 2.28. The third-order valence-corrected chi connectivity index (χ3v) is 3.34. The van der Waals surface area contributed by atoms with Crippen molar-refractivity contribution in [2.45, 2.75) is 6.92 Å². The summed E-state index contributed by atoms with van der Waals surface area (Å²) in [4.78, 5) is 0. The summed E-state index contributed by atoms with van der Waals surface area (Å²) in [5.41, 5.74) is 4.58. The molecule has 0 amide bonds. The van der Waals surface area contributed by atoms with Gasteiger partial charge in [-0.2, -0.15) is 5.10 Å². The topological polar surface area (TPSA) is 52.1 Å². The molecule has 0 aliphatic rings. The highest BCUT2D eigenvalue weighted by molar-refractivity contribution is 6.32. The average Bonchev–Trinajstić information content (AvgIpc) is 2.56. The molecule has 0 spiro atoms. The van der Waals surface area contributed by atoms with E-state index in [0.717, 1.165) is 11.3 Å². The van der Waals surface area contributed by atoms with Crippen LogP contribution in [0.2, 0.25) is 5.02 Å². The summed E-state index contributed by atoms with van der Waals surface area (Å²) in [7, 11) is 3.19. The molecule has 5 nitrogen and oxygen atoms in total. The van der Waals surface area contributed by atoms with E-state index in [1.807, 2.05) is 31.2 Å². The van der Waals surface area contributed by atoms with E-state index in [1.165, 1.54) is 0 Å². The zero-order valence-electron chi connectivity index (χ0n) is 13.3. The quantitative estimate of drug-likeness (QED) is 0.609. The number of nitrogens with one attached hydrogen (secondary N) is 1. The van der Waals surface area contributed by atoms with E-state index in [9.17, 15) is 0 Å². The number of halogens is 1. The van der Waals surface area contributed by atoms with E-state index in [1.54, 1.807) is 32.6 Å². The maximum atomic E-state index is 6.07. The van der Waals surface area contributed by atoms with E-state index in [2.05, 4.69) is 10.5 Å². The van der Waals surface area contributed by atoms with Gasteiger partial charge in [-0.1, -0.05) is 11.6 Å². The van der Waals surface area contributed by atoms with Crippen molar-refractivity contribution >= 4 is 23.5 Å². The van der Waals surface area contributed by atoms with Crippen molar-refractivity contribution in [2.75, 3.05) is 26.3 Å². The molecule has 2 aromatic carbocycles. The summed E-state index contributed by atoms with van der Waals surface area (Å²) in [6.45, 7) is 2.49. The molecule has 0 saturated heterocycles. The summed E-state index contributed by atoms with van der Waals surface area (Å²) in [6.07, 6.45) is 1.69. The van der Waals surface area contributed by atoms with Crippen molar-refractivity contribution in [1.29, 1.82) is 0 Å². The summed E-state index contributed by atoms with van der Waals surface area (Å²) in [5.74, 6) is 2.00. The van der Waals surface area contributed by atoms with Crippen LogP contribution >= 0.6 is 11.6 Å². The molecule has 0 heterocycles. The number of hydrogen-bond acceptors (Lipinski definition) is 5. The first-order valence-electron chi connectivity index (χ1n) is 7.11. The van der Waals surface area contributed by atoms with Gasteiger partial charge in [0.15, 0.2) is 11.5 Å². The number of benzene rings is 2. The van der Waals surface area contributed by atoms with Gasteiger partial charge in [0.25, 0.3) is 0 Å². The summed E-state index contributed by atoms with van der Waals surface area (Å²) in [5, 5.41) is 4.72. The van der Waals surface area contributed by atoms with Gasteiger partial charge in [-0.05, 0) is 48.9 Å². The molecule has 23 heavy (non-hydrogen) atoms. The zero-order valence-corrected chi connectivity index (χ0v) is 14.1. The molecular weight excluding hydrogens is 316 g/mol. The van der Waals surface area contributed by atoms with Crippen molar-refractivity contribution in [3.8, 4) is 17.2 Å². The molecule has 0 fully saturated rings. The number of hydrogen-bond donors (Lipinski definition) is 1. The predicted molar refractivity (Wildman–Crippen MR) is 93.4 cm³/mol. The Balaban J connectivity index is 2.08. The largest absolute Gasteiger partial charge is 0.495 e. The smallest absolute Gasteiger partial charge is 0.161 e. The molecule has 2 rings (SSSR count). The molecule has 0 aromatic heterocycles. The lowest BCUT2D eigenvalue weighted by atomic mass is 10.2. The Bertz CT molecular complexity index is 690. The van der Waals surface area contributed by atoms with Gasteiger partial charge >= 0.3 is 0 Å². The number of rotatable bonds is 7. The fraction of sp³-hybridized carbons (Fsp3) is 0.235. The van der Waals surface area contributed by atoms with Crippen LogP contribution < -0.4 is 19.6 Å². The van der Waals surface area contributed by atoms with Crippen LogP contribution in [0.3, 0.4) is 0 Å². The lowest BCUT2D eigenvalue weighted by molar-refractivity contribution is 0.311. The van der Waals surface area contributed by atoms with E-state index in [-0.39, 0.29) is 0 Å². The molecular formula is C17H19ClN2O3. The van der Waals surface area contributed by atoms with Gasteiger partial charge in [0.05, 0.1) is 37.8 Å². The maximum Gasteiger partial charge on any atom is 0.161 e. The molecule has 0 aliphatic carbocycles. The molecule has 2 aromatic rings. The molecule has 0 aliphatic heterocycles. The van der Waals surface area contributed by atoms with Crippen LogP contribution in [0.5, 0.6) is 17.2 Å². The second kappa shape index (κ2) is 8.29. The summed E-state index contributed by atoms with van der Waals surface area (Å²) >= 11 is 6.07. The van der Waals surface area contributed by atoms with Gasteiger partial charge in [-0.25, -0.2) is 0 Å². The Morgan fingerprint density at radius 1 is 1.04 bits per heavy atom. The highest BCUT2D eigenvalue weighted by atomic mass is 35.5. The highest BCUT2D eigenvalue weighted by Gasteiger charge is 2.04. The first-order valence-corrected chi connectivity index (χ1v) is 7.49. The third kappa shape index (κ3) is 4.53. The molecule has 122 valence electrons. The van der Waals surface area contributed by atoms with Crippen LogP contribution in [0.15, 0.2) is 41.5 Å². The number of nitrogens with zero attached hydrogens (tertiary/aromatic N) is 1. The monoisotopic (exact) mass is 334 g/mol. The summed E-state index contributed by atoms with van der Waals surface area (Å²) in [6, 6.07) is 11.0. The third-order valence-electron chi connectivity index (χ3n) is 3.05. The maximum absolute atomic E-state index is 6.07. The Morgan fingerprint density at radius 3 is 2.43 bits per heavy atom. The van der Waals surface area contributed by atoms with Crippen LogP contribution in [0.1, 0.15) is 12.5 Å². The Labute approximate surface area is 140 Å². The van der Waals surface area contributed by atoms with Gasteiger partial charge in [0.2, 0.25) is 0 Å². The van der Waals surface area contributed by atoms with Gasteiger partial charge < -0.3 is 14.2 Å². The van der Waals surface area contributed by atoms with Crippen LogP contribution in [0.4, 0.5) is 5.69 Å². The van der Waals surface area contributed by atoms with Crippen LogP contribution in [-0.2, 0) is 0 Å². The second-order valence-electron chi connectivity index (χ2n) is 4.56. The van der Waals surface area contributed by atoms with Crippen molar-refractivity contribution in [1.82, 2.24) is 0 Å². The minimum atomic E-state index is 0.524. The van der Waals surface area contributed by atoms with Gasteiger partial charge in [0.1, 0.15) is 5.75 Å². The van der Waals surface area contributed by atoms with Gasteiger partial charge in [-0.3, -0.25) is 5.43 Å². The van der Waals surface area contributed by atoms with Crippen molar-refractivity contribution in [2.24, 2.45) is 5.10 Å². The molecule has 0 bridgehead atoms. The van der Waals surface area contributed by atoms with Crippen LogP contribution in [0.25, 0.3) is 0 Å². The zero-order chi connectivity index (χ0) is 16.7. The molecule has 6 heteroatoms. The van der Waals surface area contributed by atoms with E-state index < -0.39 is 0 Å². The first-order chi connectivity index (χ1) is 11.2. The van der Waals surface area contributed by atoms with E-state index in [0.29, 0.717) is 28.9 Å². The Hall–Kier alpha value is -2.40. The standard InChI is InChI=1S/C17H19ClN2O3/c1-4-23-17-9-12(5-7-16(17)22-3)11-19-20-13-6-8-15(21-2)14(18)10-13/h5-11,20H,4H2,1-3H3/b19-11+. The number of ether oxygens (including phenoxy) is 3. The molecule has 0 saturated carbocycles. The average molecular weight is 335 g/mol. The van der Waals surface area contributed by atoms with E-state index in [4.69, 9.17) is 25.8 Å². The lowest BCUT2D eigenvalue weighted by Crippen LogP contribution is -1.97. The fourth-order valence-corrected chi connectivity index (χ4v) is 2.22. The molecule has 0 radical (unpaired) electrons. The lowest BCUT2D eigenvalue weighted by Gasteiger charge is -2.09. The first kappa shape index (κ1) is 17.0. The molecule has 0 unspecified atom stereocenters. The minimum absolute atomic E-state index is 0.524. The fourth-order valence-electron chi connectivity index (χ4n) is 1.96. The van der Waals surface area contributed by atoms with Crippen LogP contribution in [-0.4, -0.2) is 27.0 Å². The number of hydrazone groups is 1. The molecule has 1 N–H and O–H groups in total. The second-order valence-corrected chi connectivity index (χ2v) is 4.97. The summed E-state index contributed by atoms with van der Waals surface area (Å²) < 4.78 is 15.9. The van der Waals surface area contributed by atoms with E-state index >= 15 is 0 Å². The Morgan fingerprint density at radius 2 is 1.78 bits per heavy atom. The molecule has 0 atom stereocenters.